The maximum Gasteiger partial charge on any atom is 1.00 e. The van der Waals surface area contributed by atoms with Crippen LogP contribution in [0.3, 0.4) is 0 Å². The van der Waals surface area contributed by atoms with E-state index in [1.807, 2.05) is 132 Å². The summed E-state index contributed by atoms with van der Waals surface area (Å²) in [5.74, 6) is 0.0151. The number of nitrogens with zero attached hydrogens (tertiary/aromatic N) is 27. The monoisotopic (exact) mass is 2270 g/mol. The second-order valence-electron chi connectivity index (χ2n) is 33.8. The van der Waals surface area contributed by atoms with E-state index in [1.165, 1.54) is 47.2 Å². The van der Waals surface area contributed by atoms with E-state index in [2.05, 4.69) is 115 Å². The number of tetrazole rings is 4. The molecule has 0 bridgehead atoms. The Labute approximate surface area is 884 Å². The summed E-state index contributed by atoms with van der Waals surface area (Å²) in [6, 6.07) is 15.5. The molecule has 12 atom stereocenters. The van der Waals surface area contributed by atoms with Gasteiger partial charge < -0.3 is 124 Å². The Morgan fingerprint density at radius 1 is 0.375 bits per heavy atom. The molecule has 0 amide bonds. The number of ether oxygens (including phenoxy) is 16. The predicted octanol–water partition coefficient (Wildman–Crippen LogP) is -0.0392. The van der Waals surface area contributed by atoms with E-state index >= 15 is 0 Å². The fraction of sp³-hybridized carbons (Fsp3) is 0.596. The van der Waals surface area contributed by atoms with Gasteiger partial charge in [0.1, 0.15) is 54.3 Å². The van der Waals surface area contributed by atoms with Crippen LogP contribution in [0.15, 0.2) is 72.8 Å². The number of aryl methyl sites for hydroxylation is 12. The van der Waals surface area contributed by atoms with Crippen LogP contribution in [0, 0.1) is 79.1 Å². The van der Waals surface area contributed by atoms with Crippen molar-refractivity contribution >= 4 is 76.8 Å². The van der Waals surface area contributed by atoms with E-state index in [0.29, 0.717) is 50.0 Å². The molecule has 0 spiro atoms. The molecule has 0 aliphatic carbocycles. The van der Waals surface area contributed by atoms with Gasteiger partial charge in [0.15, 0.2) is 22.8 Å². The molecule has 144 heavy (non-hydrogen) atoms. The Balaban J connectivity index is 0.000000259. The Kier molecular flexibility index (Phi) is 49.9. The molecule has 12 rings (SSSR count). The molecule has 0 fully saturated rings. The number of rotatable bonds is 51. The molecule has 51 nitrogen and oxygen atoms in total. The number of nitrogens with two attached hydrogens (primary N) is 1. The molecule has 0 unspecified atom stereocenters. The minimum absolute atomic E-state index is 0. The summed E-state index contributed by atoms with van der Waals surface area (Å²) in [5.41, 5.74) is 27.4. The molecule has 784 valence electrons. The maximum atomic E-state index is 13.8. The number of benzene rings is 4. The summed E-state index contributed by atoms with van der Waals surface area (Å²) < 4.78 is 129. The number of hydrogen-bond donors (Lipinski definition) is 1. The van der Waals surface area contributed by atoms with E-state index in [4.69, 9.17) is 91.2 Å². The van der Waals surface area contributed by atoms with Crippen molar-refractivity contribution in [1.29, 1.82) is 0 Å². The zero-order valence-corrected chi connectivity index (χ0v) is 93.2. The van der Waals surface area contributed by atoms with Crippen LogP contribution in [0.25, 0.3) is 101 Å². The van der Waals surface area contributed by atoms with E-state index in [9.17, 15) is 27.6 Å². The third kappa shape index (κ3) is 31.9. The summed E-state index contributed by atoms with van der Waals surface area (Å²) in [6.45, 7) is 24.6. The van der Waals surface area contributed by atoms with Crippen LogP contribution >= 0.6 is 22.6 Å². The summed E-state index contributed by atoms with van der Waals surface area (Å²) >= 11 is 2.28. The van der Waals surface area contributed by atoms with Crippen molar-refractivity contribution in [2.75, 3.05) is 142 Å². The normalized spacial score (nSPS) is 14.2. The molecule has 0 aliphatic rings. The van der Waals surface area contributed by atoms with Gasteiger partial charge in [-0.05, 0) is 196 Å². The minimum Gasteiger partial charge on any atom is -1.00 e. The molecule has 8 heterocycles. The second kappa shape index (κ2) is 59.1. The molecular formula is C89H129I2N28NaO23S. The summed E-state index contributed by atoms with van der Waals surface area (Å²) in [7, 11) is 15.1. The fourth-order valence-corrected chi connectivity index (χ4v) is 16.7. The van der Waals surface area contributed by atoms with Crippen molar-refractivity contribution in [3.05, 3.63) is 145 Å². The first-order valence-electron chi connectivity index (χ1n) is 44.9. The van der Waals surface area contributed by atoms with Crippen LogP contribution in [0.5, 0.6) is 0 Å². The van der Waals surface area contributed by atoms with E-state index < -0.39 is 52.1 Å². The van der Waals surface area contributed by atoms with Crippen LogP contribution in [-0.4, -0.2) is 318 Å². The van der Waals surface area contributed by atoms with E-state index in [-0.39, 0.29) is 247 Å². The van der Waals surface area contributed by atoms with Crippen LogP contribution in [0.4, 0.5) is 0 Å². The van der Waals surface area contributed by atoms with Gasteiger partial charge >= 0.3 is 29.6 Å². The van der Waals surface area contributed by atoms with Crippen molar-refractivity contribution in [3.8, 4) is 46.1 Å². The van der Waals surface area contributed by atoms with Crippen molar-refractivity contribution in [3.63, 3.8) is 0 Å². The molecule has 4 aromatic carbocycles. The Morgan fingerprint density at radius 3 is 0.826 bits per heavy atom. The predicted molar refractivity (Wildman–Crippen MR) is 526 cm³/mol. The van der Waals surface area contributed by atoms with Gasteiger partial charge in [-0.15, -0.1) is 20.4 Å². The molecule has 0 saturated carbocycles. The molecule has 0 radical (unpaired) electrons. The van der Waals surface area contributed by atoms with Gasteiger partial charge in [0.05, 0.1) is 139 Å². The minimum atomic E-state index is -3.73. The smallest absolute Gasteiger partial charge is 1.00 e. The van der Waals surface area contributed by atoms with Crippen LogP contribution in [0.2, 0.25) is 0 Å². The molecule has 12 aromatic rings. The SMILES string of the molecule is COCO[C@@H](Cn1c(=O)c(-c2nnnn2C)nc2cc(C)c(C)cc21)[C@H](C)[C@@H](CI)OCOC.COCO[C@@H](Cn1c(=O)c(-c2nnnn2C)nc2cc(C)c(C)cc21)[C@H](C)[C@@H](CN)OCOC.COCO[C@@H](Cn1c(=O)c(-c2nnnn2C)nc2cc(C)c(C)cc21)[C@H](C)[C@@H](CN=[N+]=[N-])OCOC.COCO[C@@H](Cn1c(=O)c(-c2nnnn2C)nc2cc(C)c(C)cc21)[C@H](C)[C@@H](COS(C)(=O)=O)OCOC.[I-].[Na+]. The molecule has 0 aliphatic heterocycles. The Bertz CT molecular complexity index is 6410. The van der Waals surface area contributed by atoms with Crippen molar-refractivity contribution in [1.82, 2.24) is 119 Å². The van der Waals surface area contributed by atoms with E-state index in [1.54, 1.807) is 74.9 Å². The van der Waals surface area contributed by atoms with E-state index in [0.717, 1.165) is 55.2 Å². The Hall–Kier alpha value is -9.28. The average Bonchev–Trinajstić information content (AvgIpc) is 1.10. The third-order valence-corrected chi connectivity index (χ3v) is 25.5. The second-order valence-corrected chi connectivity index (χ2v) is 36.4. The first kappa shape index (κ1) is 122. The number of alkyl halides is 1. The standard InChI is InChI=1S/C23H34N6O8S.C22H31IN6O5.C22H31N9O5.C22H33N7O5.HI.Na/c1-14-8-17-18(9-15(14)2)29(23(30)21(24-17)22-25-26-27-28(22)4)10-19(35-12-33-5)16(3)20(36-13-34-6)11-37-38(7,31)32;1-13-7-16-17(8-14(13)2)29(22(30)20(24-16)21-25-26-27-28(21)4)10-19(34-12-32-6)15(3)18(9-23)33-11-31-5;1-13-7-16-17(8-14(13)2)31(22(32)20(25-16)21-26-28-29-30(21)4)10-19(36-12-34-6)15(3)18(9-24-27-23)35-11-33-5;1-13-7-16-17(8-14(13)2)29(22(30)20(24-16)21-25-26-27-28(21)4)10-19(34-12-32-6)15(3)18(9-23)33-11-31-5;;/h8-9,16,19-20H,10-13H2,1-7H3;7-8,15,18-19H,9-12H2,1-6H3;7-8,15,18-19H,9-12H2,1-6H3;7-8,15,18-19H,9-12,23H2,1-6H3;1H;/q;;;;;+1/p-1/t16-,19-,20+;3*15-,18-,19+;;/m0111../s1. The van der Waals surface area contributed by atoms with Gasteiger partial charge in [-0.25, -0.2) is 38.7 Å². The zero-order chi connectivity index (χ0) is 104. The fourth-order valence-electron chi connectivity index (χ4n) is 15.2. The summed E-state index contributed by atoms with van der Waals surface area (Å²) in [6.07, 6.45) is -2.88. The number of methoxy groups -OCH3 is 8. The molecule has 55 heteroatoms. The summed E-state index contributed by atoms with van der Waals surface area (Å²) in [5, 5.41) is 49.7. The van der Waals surface area contributed by atoms with Crippen LogP contribution < -0.4 is 81.5 Å². The molecular weight excluding hydrogens is 2140 g/mol. The maximum absolute atomic E-state index is 13.8. The topological polar surface area (TPSA) is 580 Å². The third-order valence-electron chi connectivity index (χ3n) is 24.1. The number of fused-ring (bicyclic) bond motifs is 4. The summed E-state index contributed by atoms with van der Waals surface area (Å²) in [4.78, 5) is 76.3. The van der Waals surface area contributed by atoms with Crippen LogP contribution in [0.1, 0.15) is 72.2 Å². The van der Waals surface area contributed by atoms with Crippen molar-refractivity contribution in [2.24, 2.45) is 62.7 Å². The molecule has 2 N–H and O–H groups in total. The first-order valence-corrected chi connectivity index (χ1v) is 48.2. The quantitative estimate of drug-likeness (QED) is 0.00764. The van der Waals surface area contributed by atoms with Gasteiger partial charge in [0.2, 0.25) is 23.3 Å². The first-order chi connectivity index (χ1) is 67.9. The van der Waals surface area contributed by atoms with Gasteiger partial charge in [-0.2, -0.15) is 8.42 Å². The average molecular weight is 2270 g/mol. The van der Waals surface area contributed by atoms with Gasteiger partial charge in [0, 0.05) is 125 Å². The Morgan fingerprint density at radius 2 is 0.597 bits per heavy atom. The number of hydrogen-bond acceptors (Lipinski definition) is 41. The van der Waals surface area contributed by atoms with Gasteiger partial charge in [-0.3, -0.25) is 23.4 Å². The molecule has 8 aromatic heterocycles. The zero-order valence-electron chi connectivity index (χ0n) is 86.1. The number of aromatic nitrogens is 24. The van der Waals surface area contributed by atoms with Crippen molar-refractivity contribution in [2.45, 2.75) is 158 Å². The number of azide groups is 1. The van der Waals surface area contributed by atoms with Gasteiger partial charge in [0.25, 0.3) is 32.4 Å². The van der Waals surface area contributed by atoms with Gasteiger partial charge in [-0.1, -0.05) is 55.4 Å². The molecule has 0 saturated heterocycles. The van der Waals surface area contributed by atoms with Crippen molar-refractivity contribution < 1.29 is 142 Å². The van der Waals surface area contributed by atoms with Crippen LogP contribution in [-0.2, 0) is 144 Å². The largest absolute Gasteiger partial charge is 1.00 e. The number of halogens is 2.